The van der Waals surface area contributed by atoms with Gasteiger partial charge < -0.3 is 19.3 Å². The summed E-state index contributed by atoms with van der Waals surface area (Å²) in [5.41, 5.74) is 7.00. The summed E-state index contributed by atoms with van der Waals surface area (Å²) >= 11 is 0. The first-order chi connectivity index (χ1) is 23.1. The summed E-state index contributed by atoms with van der Waals surface area (Å²) in [7, 11) is 0. The molecular weight excluding hydrogens is 586 g/mol. The van der Waals surface area contributed by atoms with Gasteiger partial charge in [-0.25, -0.2) is 0 Å². The Balaban J connectivity index is 1.22. The van der Waals surface area contributed by atoms with Gasteiger partial charge in [0.1, 0.15) is 6.04 Å². The molecule has 0 aliphatic carbocycles. The predicted octanol–water partition coefficient (Wildman–Crippen LogP) is 6.72. The van der Waals surface area contributed by atoms with Crippen molar-refractivity contribution in [1.82, 2.24) is 14.8 Å². The van der Waals surface area contributed by atoms with Gasteiger partial charge >= 0.3 is 0 Å². The number of benzene rings is 4. The van der Waals surface area contributed by atoms with Crippen molar-refractivity contribution in [3.63, 3.8) is 0 Å². The van der Waals surface area contributed by atoms with Crippen LogP contribution in [0.25, 0.3) is 17.3 Å². The number of carbonyl (C=O) groups excluding carboxylic acids is 2. The maximum absolute atomic E-state index is 14.6. The lowest BCUT2D eigenvalue weighted by atomic mass is 9.97. The molecule has 0 bridgehead atoms. The van der Waals surface area contributed by atoms with Gasteiger partial charge in [-0.2, -0.15) is 0 Å². The molecule has 2 aliphatic rings. The van der Waals surface area contributed by atoms with Crippen LogP contribution in [0.4, 0.5) is 0 Å². The molecule has 3 heterocycles. The summed E-state index contributed by atoms with van der Waals surface area (Å²) in [5, 5.41) is 0. The molecule has 0 saturated heterocycles. The zero-order valence-electron chi connectivity index (χ0n) is 26.0. The van der Waals surface area contributed by atoms with E-state index >= 15 is 0 Å². The van der Waals surface area contributed by atoms with Crippen molar-refractivity contribution in [2.45, 2.75) is 32.0 Å². The number of hydrogen-bond acceptors (Lipinski definition) is 5. The average Bonchev–Trinajstić information content (AvgIpc) is 3.61. The van der Waals surface area contributed by atoms with Crippen LogP contribution in [-0.4, -0.2) is 46.0 Å². The van der Waals surface area contributed by atoms with E-state index < -0.39 is 6.04 Å². The van der Waals surface area contributed by atoms with Gasteiger partial charge in [-0.1, -0.05) is 91.0 Å². The Hall–Kier alpha value is -5.69. The van der Waals surface area contributed by atoms with E-state index in [4.69, 9.17) is 9.47 Å². The Morgan fingerprint density at radius 1 is 0.809 bits per heavy atom. The fraction of sp³-hybridized carbons (Fsp3) is 0.175. The predicted molar refractivity (Wildman–Crippen MR) is 181 cm³/mol. The van der Waals surface area contributed by atoms with E-state index in [9.17, 15) is 9.59 Å². The van der Waals surface area contributed by atoms with Crippen molar-refractivity contribution in [1.29, 1.82) is 0 Å². The number of fused-ring (bicyclic) bond motifs is 2. The zero-order chi connectivity index (χ0) is 32.0. The van der Waals surface area contributed by atoms with Crippen molar-refractivity contribution >= 4 is 17.9 Å². The molecule has 47 heavy (non-hydrogen) atoms. The zero-order valence-corrected chi connectivity index (χ0v) is 26.0. The number of ether oxygens (including phenoxy) is 2. The van der Waals surface area contributed by atoms with Gasteiger partial charge in [0.05, 0.1) is 5.69 Å². The first kappa shape index (κ1) is 30.0. The minimum absolute atomic E-state index is 0.0571. The maximum atomic E-state index is 14.6. The van der Waals surface area contributed by atoms with Crippen molar-refractivity contribution in [3.05, 3.63) is 155 Å². The average molecular weight is 622 g/mol. The van der Waals surface area contributed by atoms with E-state index in [0.717, 1.165) is 39.9 Å². The summed E-state index contributed by atoms with van der Waals surface area (Å²) in [6, 6.07) is 36.9. The molecule has 7 nitrogen and oxygen atoms in total. The molecule has 0 fully saturated rings. The molecule has 1 aromatic heterocycles. The molecule has 7 rings (SSSR count). The van der Waals surface area contributed by atoms with Crippen LogP contribution in [0.1, 0.15) is 27.8 Å². The molecule has 2 amide bonds. The highest BCUT2D eigenvalue weighted by molar-refractivity contribution is 5.96. The molecule has 234 valence electrons. The largest absolute Gasteiger partial charge is 0.454 e. The highest BCUT2D eigenvalue weighted by Crippen LogP contribution is 2.33. The monoisotopic (exact) mass is 621 g/mol. The number of rotatable bonds is 9. The number of pyridine rings is 1. The highest BCUT2D eigenvalue weighted by atomic mass is 16.7. The van der Waals surface area contributed by atoms with Crippen molar-refractivity contribution < 1.29 is 19.1 Å². The van der Waals surface area contributed by atoms with E-state index in [2.05, 4.69) is 17.1 Å². The second kappa shape index (κ2) is 13.7. The third-order valence-electron chi connectivity index (χ3n) is 8.74. The Morgan fingerprint density at radius 3 is 2.38 bits per heavy atom. The lowest BCUT2D eigenvalue weighted by Gasteiger charge is -2.37. The van der Waals surface area contributed by atoms with Gasteiger partial charge in [-0.3, -0.25) is 14.6 Å². The van der Waals surface area contributed by atoms with Gasteiger partial charge in [0.15, 0.2) is 11.5 Å². The quantitative estimate of drug-likeness (QED) is 0.171. The van der Waals surface area contributed by atoms with E-state index in [1.54, 1.807) is 23.2 Å². The molecule has 0 radical (unpaired) electrons. The van der Waals surface area contributed by atoms with Crippen LogP contribution in [0.3, 0.4) is 0 Å². The molecule has 0 N–H and O–H groups in total. The Bertz CT molecular complexity index is 1890. The molecule has 0 spiro atoms. The van der Waals surface area contributed by atoms with Gasteiger partial charge in [0.25, 0.3) is 0 Å². The number of nitrogens with zero attached hydrogens (tertiary/aromatic N) is 3. The molecule has 1 unspecified atom stereocenters. The minimum Gasteiger partial charge on any atom is -0.454 e. The Kier molecular flexibility index (Phi) is 8.77. The molecule has 1 atom stereocenters. The first-order valence-corrected chi connectivity index (χ1v) is 15.9. The number of hydrogen-bond donors (Lipinski definition) is 0. The summed E-state index contributed by atoms with van der Waals surface area (Å²) < 4.78 is 11.0. The smallest absolute Gasteiger partial charge is 0.247 e. The third kappa shape index (κ3) is 6.94. The molecular formula is C40H35N3O4. The number of amides is 2. The van der Waals surface area contributed by atoms with Crippen molar-refractivity contribution in [3.8, 4) is 22.8 Å². The SMILES string of the molecule is O=C(C(Cc1ccccc1)N(Cc1ccc(-c2ccccn2)cc1)C(=O)C=Cc1ccc2c(c1)OCO2)N1CCc2ccccc2C1. The van der Waals surface area contributed by atoms with Crippen LogP contribution in [0, 0.1) is 0 Å². The Morgan fingerprint density at radius 2 is 1.57 bits per heavy atom. The summed E-state index contributed by atoms with van der Waals surface area (Å²) in [5.74, 6) is 1.02. The van der Waals surface area contributed by atoms with Gasteiger partial charge in [-0.05, 0) is 64.6 Å². The molecule has 0 saturated carbocycles. The van der Waals surface area contributed by atoms with Gasteiger partial charge in [0, 0.05) is 43.9 Å². The van der Waals surface area contributed by atoms with Crippen molar-refractivity contribution in [2.75, 3.05) is 13.3 Å². The molecule has 2 aliphatic heterocycles. The minimum atomic E-state index is -0.716. The summed E-state index contributed by atoms with van der Waals surface area (Å²) in [4.78, 5) is 36.9. The second-order valence-electron chi connectivity index (χ2n) is 11.8. The fourth-order valence-electron chi connectivity index (χ4n) is 6.20. The van der Waals surface area contributed by atoms with Crippen LogP contribution in [-0.2, 0) is 35.5 Å². The molecule has 4 aromatic carbocycles. The van der Waals surface area contributed by atoms with Crippen LogP contribution in [0.5, 0.6) is 11.5 Å². The van der Waals surface area contributed by atoms with Crippen LogP contribution >= 0.6 is 0 Å². The highest BCUT2D eigenvalue weighted by Gasteiger charge is 2.34. The fourth-order valence-corrected chi connectivity index (χ4v) is 6.20. The van der Waals surface area contributed by atoms with Gasteiger partial charge in [0.2, 0.25) is 18.6 Å². The van der Waals surface area contributed by atoms with E-state index in [0.29, 0.717) is 31.0 Å². The van der Waals surface area contributed by atoms with Crippen molar-refractivity contribution in [2.24, 2.45) is 0 Å². The van der Waals surface area contributed by atoms with E-state index in [-0.39, 0.29) is 25.2 Å². The van der Waals surface area contributed by atoms with Crippen LogP contribution in [0.15, 0.2) is 128 Å². The second-order valence-corrected chi connectivity index (χ2v) is 11.8. The summed E-state index contributed by atoms with van der Waals surface area (Å²) in [6.45, 7) is 1.57. The molecule has 7 heteroatoms. The Labute approximate surface area is 274 Å². The van der Waals surface area contributed by atoms with Crippen LogP contribution in [0.2, 0.25) is 0 Å². The van der Waals surface area contributed by atoms with Gasteiger partial charge in [-0.15, -0.1) is 0 Å². The topological polar surface area (TPSA) is 72.0 Å². The standard InChI is InChI=1S/C40H35N3O4/c44-39(20-16-30-15-19-37-38(25-30)47-28-46-37)43(26-31-13-17-33(18-14-31)35-12-6-7-22-41-35)36(24-29-8-2-1-3-9-29)40(45)42-23-21-32-10-4-5-11-34(32)27-42/h1-20,22,25,36H,21,23-24,26-28H2. The molecule has 5 aromatic rings. The number of carbonyl (C=O) groups is 2. The van der Waals surface area contributed by atoms with E-state index in [1.165, 1.54) is 5.56 Å². The van der Waals surface area contributed by atoms with E-state index in [1.807, 2.05) is 108 Å². The third-order valence-corrected chi connectivity index (χ3v) is 8.74. The lowest BCUT2D eigenvalue weighted by molar-refractivity contribution is -0.144. The first-order valence-electron chi connectivity index (χ1n) is 15.9. The lowest BCUT2D eigenvalue weighted by Crippen LogP contribution is -2.52. The normalized spacial score (nSPS) is 14.1. The van der Waals surface area contributed by atoms with Crippen LogP contribution < -0.4 is 9.47 Å². The number of aromatic nitrogens is 1. The summed E-state index contributed by atoms with van der Waals surface area (Å²) in [6.07, 6.45) is 6.27. The maximum Gasteiger partial charge on any atom is 0.247 e.